The number of carbonyl (C=O) groups is 1. The van der Waals surface area contributed by atoms with Crippen LogP contribution in [0.1, 0.15) is 26.7 Å². The van der Waals surface area contributed by atoms with Gasteiger partial charge < -0.3 is 10.4 Å². The van der Waals surface area contributed by atoms with Crippen LogP contribution in [0, 0.1) is 0 Å². The van der Waals surface area contributed by atoms with Crippen LogP contribution in [0.15, 0.2) is 0 Å². The van der Waals surface area contributed by atoms with Gasteiger partial charge in [-0.3, -0.25) is 9.69 Å². The molecule has 0 aliphatic heterocycles. The molecule has 78 valence electrons. The molecule has 0 aromatic heterocycles. The van der Waals surface area contributed by atoms with E-state index in [0.717, 1.165) is 19.4 Å². The van der Waals surface area contributed by atoms with Crippen LogP contribution in [0.25, 0.3) is 0 Å². The molecule has 0 fully saturated rings. The molecule has 0 bridgehead atoms. The first-order valence-electron chi connectivity index (χ1n) is 4.84. The Kier molecular flexibility index (Phi) is 7.63. The third kappa shape index (κ3) is 6.54. The van der Waals surface area contributed by atoms with E-state index in [1.54, 1.807) is 4.90 Å². The predicted molar refractivity (Wildman–Crippen MR) is 52.3 cm³/mol. The highest BCUT2D eigenvalue weighted by atomic mass is 16.3. The van der Waals surface area contributed by atoms with Gasteiger partial charge in [-0.15, -0.1) is 0 Å². The summed E-state index contributed by atoms with van der Waals surface area (Å²) in [7, 11) is 0. The predicted octanol–water partition coefficient (Wildman–Crippen LogP) is 0.174. The first kappa shape index (κ1) is 12.4. The number of amides is 1. The molecule has 0 saturated heterocycles. The summed E-state index contributed by atoms with van der Waals surface area (Å²) >= 11 is 0. The minimum atomic E-state index is -0.0482. The lowest BCUT2D eigenvalue weighted by Gasteiger charge is -2.17. The van der Waals surface area contributed by atoms with Crippen molar-refractivity contribution in [2.24, 2.45) is 0 Å². The lowest BCUT2D eigenvalue weighted by atomic mass is 10.4. The van der Waals surface area contributed by atoms with Crippen LogP contribution in [0.5, 0.6) is 0 Å². The molecule has 0 unspecified atom stereocenters. The van der Waals surface area contributed by atoms with Gasteiger partial charge in [-0.05, 0) is 12.8 Å². The van der Waals surface area contributed by atoms with E-state index in [9.17, 15) is 4.79 Å². The Labute approximate surface area is 79.9 Å². The zero-order chi connectivity index (χ0) is 10.1. The van der Waals surface area contributed by atoms with Crippen molar-refractivity contribution in [1.82, 2.24) is 10.2 Å². The Morgan fingerprint density at radius 2 is 2.08 bits per heavy atom. The molecule has 0 aliphatic rings. The molecular weight excluding hydrogens is 168 g/mol. The van der Waals surface area contributed by atoms with E-state index >= 15 is 0 Å². The highest BCUT2D eigenvalue weighted by molar-refractivity contribution is 5.77. The summed E-state index contributed by atoms with van der Waals surface area (Å²) < 4.78 is 0. The second-order valence-corrected chi connectivity index (χ2v) is 3.04. The summed E-state index contributed by atoms with van der Waals surface area (Å²) in [6, 6.07) is 0. The van der Waals surface area contributed by atoms with Crippen molar-refractivity contribution in [3.63, 3.8) is 0 Å². The van der Waals surface area contributed by atoms with Crippen molar-refractivity contribution in [3.05, 3.63) is 0 Å². The van der Waals surface area contributed by atoms with Crippen LogP contribution in [-0.2, 0) is 4.79 Å². The fourth-order valence-electron chi connectivity index (χ4n) is 1.04. The average Bonchev–Trinajstić information content (AvgIpc) is 2.14. The minimum Gasteiger partial charge on any atom is -0.381 e. The number of carbonyl (C=O) groups excluding carboxylic acids is 1. The number of nitrogens with zero attached hydrogens (tertiary/aromatic N) is 1. The van der Waals surface area contributed by atoms with Crippen molar-refractivity contribution < 1.29 is 9.90 Å². The quantitative estimate of drug-likeness (QED) is 0.560. The maximum atomic E-state index is 11.2. The molecule has 0 spiro atoms. The zero-order valence-corrected chi connectivity index (χ0v) is 8.55. The van der Waals surface area contributed by atoms with Gasteiger partial charge in [0.05, 0.1) is 13.3 Å². The third-order valence-electron chi connectivity index (χ3n) is 1.68. The van der Waals surface area contributed by atoms with Gasteiger partial charge in [0.15, 0.2) is 0 Å². The van der Waals surface area contributed by atoms with Crippen LogP contribution < -0.4 is 5.32 Å². The van der Waals surface area contributed by atoms with Crippen molar-refractivity contribution in [1.29, 1.82) is 0 Å². The van der Waals surface area contributed by atoms with Gasteiger partial charge in [-0.1, -0.05) is 13.8 Å². The smallest absolute Gasteiger partial charge is 0.234 e. The highest BCUT2D eigenvalue weighted by Gasteiger charge is 2.07. The molecule has 2 N–H and O–H groups in total. The molecule has 0 aliphatic carbocycles. The number of aliphatic hydroxyl groups is 1. The Hall–Kier alpha value is -0.610. The monoisotopic (exact) mass is 188 g/mol. The van der Waals surface area contributed by atoms with Gasteiger partial charge in [0.1, 0.15) is 0 Å². The largest absolute Gasteiger partial charge is 0.381 e. The van der Waals surface area contributed by atoms with E-state index in [4.69, 9.17) is 5.11 Å². The second kappa shape index (κ2) is 8.01. The molecule has 0 saturated carbocycles. The standard InChI is InChI=1S/C9H20N2O2/c1-3-5-10-9(13)7-11(8-12)6-4-2/h12H,3-8H2,1-2H3,(H,10,13). The molecule has 4 heteroatoms. The topological polar surface area (TPSA) is 52.6 Å². The molecule has 0 aromatic carbocycles. The Balaban J connectivity index is 3.60. The Morgan fingerprint density at radius 1 is 1.38 bits per heavy atom. The summed E-state index contributed by atoms with van der Waals surface area (Å²) in [5.74, 6) is -0.00986. The van der Waals surface area contributed by atoms with Crippen LogP contribution in [0.3, 0.4) is 0 Å². The number of rotatable bonds is 7. The van der Waals surface area contributed by atoms with Crippen LogP contribution >= 0.6 is 0 Å². The van der Waals surface area contributed by atoms with E-state index in [1.807, 2.05) is 13.8 Å². The average molecular weight is 188 g/mol. The van der Waals surface area contributed by atoms with Gasteiger partial charge in [0.2, 0.25) is 5.91 Å². The molecule has 0 aromatic rings. The number of nitrogens with one attached hydrogen (secondary N) is 1. The van der Waals surface area contributed by atoms with Crippen molar-refractivity contribution in [2.75, 3.05) is 26.4 Å². The maximum absolute atomic E-state index is 11.2. The molecule has 1 amide bonds. The summed E-state index contributed by atoms with van der Waals surface area (Å²) in [5.41, 5.74) is 0. The molecule has 4 nitrogen and oxygen atoms in total. The van der Waals surface area contributed by atoms with E-state index in [0.29, 0.717) is 13.1 Å². The molecular formula is C9H20N2O2. The normalized spacial score (nSPS) is 10.5. The van der Waals surface area contributed by atoms with Crippen LogP contribution in [0.2, 0.25) is 0 Å². The summed E-state index contributed by atoms with van der Waals surface area (Å²) in [4.78, 5) is 12.9. The fourth-order valence-corrected chi connectivity index (χ4v) is 1.04. The zero-order valence-electron chi connectivity index (χ0n) is 8.55. The van der Waals surface area contributed by atoms with Crippen molar-refractivity contribution in [2.45, 2.75) is 26.7 Å². The molecule has 0 rings (SSSR count). The Bertz CT molecular complexity index is 140. The number of hydrogen-bond donors (Lipinski definition) is 2. The Morgan fingerprint density at radius 3 is 2.54 bits per heavy atom. The highest BCUT2D eigenvalue weighted by Crippen LogP contribution is 1.88. The molecule has 13 heavy (non-hydrogen) atoms. The van der Waals surface area contributed by atoms with Gasteiger partial charge in [-0.25, -0.2) is 0 Å². The number of hydrogen-bond acceptors (Lipinski definition) is 3. The summed E-state index contributed by atoms with van der Waals surface area (Å²) in [6.07, 6.45) is 1.89. The van der Waals surface area contributed by atoms with Crippen molar-refractivity contribution >= 4 is 5.91 Å². The minimum absolute atomic E-state index is 0.00986. The summed E-state index contributed by atoms with van der Waals surface area (Å²) in [5, 5.41) is 11.6. The van der Waals surface area contributed by atoms with Crippen LogP contribution in [-0.4, -0.2) is 42.3 Å². The van der Waals surface area contributed by atoms with E-state index in [2.05, 4.69) is 5.32 Å². The van der Waals surface area contributed by atoms with Gasteiger partial charge in [-0.2, -0.15) is 0 Å². The van der Waals surface area contributed by atoms with E-state index in [1.165, 1.54) is 0 Å². The molecule has 0 atom stereocenters. The first-order chi connectivity index (χ1) is 6.24. The molecule has 0 radical (unpaired) electrons. The maximum Gasteiger partial charge on any atom is 0.234 e. The second-order valence-electron chi connectivity index (χ2n) is 3.04. The molecule has 0 heterocycles. The summed E-state index contributed by atoms with van der Waals surface area (Å²) in [6.45, 7) is 5.75. The van der Waals surface area contributed by atoms with Crippen LogP contribution in [0.4, 0.5) is 0 Å². The van der Waals surface area contributed by atoms with E-state index < -0.39 is 0 Å². The SMILES string of the molecule is CCCNC(=O)CN(CO)CCC. The lowest BCUT2D eigenvalue weighted by Crippen LogP contribution is -2.38. The van der Waals surface area contributed by atoms with Crippen molar-refractivity contribution in [3.8, 4) is 0 Å². The van der Waals surface area contributed by atoms with Gasteiger partial charge in [0, 0.05) is 13.1 Å². The van der Waals surface area contributed by atoms with Gasteiger partial charge in [0.25, 0.3) is 0 Å². The number of aliphatic hydroxyl groups excluding tert-OH is 1. The first-order valence-corrected chi connectivity index (χ1v) is 4.84. The third-order valence-corrected chi connectivity index (χ3v) is 1.68. The fraction of sp³-hybridized carbons (Fsp3) is 0.889. The lowest BCUT2D eigenvalue weighted by molar-refractivity contribution is -0.123. The van der Waals surface area contributed by atoms with E-state index in [-0.39, 0.29) is 12.6 Å². The van der Waals surface area contributed by atoms with Gasteiger partial charge >= 0.3 is 0 Å².